The molecule has 0 aliphatic carbocycles. The van der Waals surface area contributed by atoms with Crippen molar-refractivity contribution in [3.8, 4) is 0 Å². The summed E-state index contributed by atoms with van der Waals surface area (Å²) in [4.78, 5) is 0. The van der Waals surface area contributed by atoms with E-state index in [0.29, 0.717) is 6.42 Å². The van der Waals surface area contributed by atoms with E-state index in [1.54, 1.807) is 20.0 Å². The lowest BCUT2D eigenvalue weighted by Gasteiger charge is -2.43. The third-order valence-electron chi connectivity index (χ3n) is 3.54. The Bertz CT molecular complexity index is 271. The number of aliphatic hydroxyl groups is 1. The van der Waals surface area contributed by atoms with Crippen molar-refractivity contribution in [3.63, 3.8) is 0 Å². The Morgan fingerprint density at radius 1 is 1.11 bits per heavy atom. The molecule has 0 amide bonds. The molecule has 0 saturated heterocycles. The molecule has 0 aromatic rings. The van der Waals surface area contributed by atoms with Gasteiger partial charge in [0.05, 0.1) is 0 Å². The van der Waals surface area contributed by atoms with E-state index in [-0.39, 0.29) is 11.5 Å². The highest BCUT2D eigenvalue weighted by molar-refractivity contribution is 6.74. The Morgan fingerprint density at radius 2 is 1.56 bits per heavy atom. The molecule has 0 heterocycles. The molecule has 1 unspecified atom stereocenters. The van der Waals surface area contributed by atoms with Crippen LogP contribution in [0.25, 0.3) is 0 Å². The summed E-state index contributed by atoms with van der Waals surface area (Å²) in [6.45, 7) is 10.7. The van der Waals surface area contributed by atoms with Crippen molar-refractivity contribution in [2.45, 2.75) is 77.1 Å². The standard InChI is InChI=1S/C12H25F3O2Si/c1-7-8-9-11(16,12(13,14)15)17-18(5,6)10(2,3)4/h16H,7-9H2,1-6H3. The predicted molar refractivity (Wildman–Crippen MR) is 68.8 cm³/mol. The summed E-state index contributed by atoms with van der Waals surface area (Å²) in [5, 5.41) is 9.49. The molecule has 0 radical (unpaired) electrons. The zero-order chi connectivity index (χ0) is 14.8. The number of alkyl halides is 3. The molecule has 0 fully saturated rings. The number of unbranched alkanes of at least 4 members (excludes halogenated alkanes) is 1. The van der Waals surface area contributed by atoms with Crippen LogP contribution in [-0.4, -0.2) is 25.4 Å². The van der Waals surface area contributed by atoms with E-state index < -0.39 is 26.7 Å². The van der Waals surface area contributed by atoms with Crippen molar-refractivity contribution >= 4 is 8.32 Å². The molecule has 110 valence electrons. The first-order chi connectivity index (χ1) is 7.77. The number of halogens is 3. The van der Waals surface area contributed by atoms with Gasteiger partial charge < -0.3 is 9.53 Å². The molecule has 18 heavy (non-hydrogen) atoms. The van der Waals surface area contributed by atoms with Crippen LogP contribution in [0.3, 0.4) is 0 Å². The quantitative estimate of drug-likeness (QED) is 0.597. The molecule has 0 saturated carbocycles. The smallest absolute Gasteiger partial charge is 0.383 e. The Hall–Kier alpha value is -0.0731. The summed E-state index contributed by atoms with van der Waals surface area (Å²) in [6, 6.07) is 0. The van der Waals surface area contributed by atoms with E-state index in [9.17, 15) is 18.3 Å². The minimum atomic E-state index is -4.75. The highest BCUT2D eigenvalue weighted by atomic mass is 28.4. The zero-order valence-electron chi connectivity index (χ0n) is 12.1. The normalized spacial score (nSPS) is 17.7. The Morgan fingerprint density at radius 3 is 1.83 bits per heavy atom. The first-order valence-electron chi connectivity index (χ1n) is 6.26. The largest absolute Gasteiger partial charge is 0.442 e. The van der Waals surface area contributed by atoms with Crippen LogP contribution in [0.1, 0.15) is 47.0 Å². The van der Waals surface area contributed by atoms with Crippen LogP contribution in [-0.2, 0) is 4.43 Å². The summed E-state index contributed by atoms with van der Waals surface area (Å²) in [6.07, 6.45) is -4.29. The van der Waals surface area contributed by atoms with Gasteiger partial charge >= 0.3 is 6.18 Å². The lowest BCUT2D eigenvalue weighted by Crippen LogP contribution is -2.56. The van der Waals surface area contributed by atoms with Crippen LogP contribution in [0.4, 0.5) is 13.2 Å². The fourth-order valence-corrected chi connectivity index (χ4v) is 2.61. The lowest BCUT2D eigenvalue weighted by atomic mass is 10.1. The highest BCUT2D eigenvalue weighted by Crippen LogP contribution is 2.44. The van der Waals surface area contributed by atoms with Gasteiger partial charge in [-0.05, 0) is 24.6 Å². The number of rotatable bonds is 5. The molecule has 0 bridgehead atoms. The Kier molecular flexibility index (Phi) is 5.48. The van der Waals surface area contributed by atoms with E-state index in [1.165, 1.54) is 0 Å². The van der Waals surface area contributed by atoms with E-state index in [4.69, 9.17) is 4.43 Å². The van der Waals surface area contributed by atoms with Crippen LogP contribution in [0.2, 0.25) is 18.1 Å². The van der Waals surface area contributed by atoms with Gasteiger partial charge in [0, 0.05) is 6.42 Å². The van der Waals surface area contributed by atoms with Gasteiger partial charge in [-0.2, -0.15) is 13.2 Å². The van der Waals surface area contributed by atoms with Crippen molar-refractivity contribution in [1.29, 1.82) is 0 Å². The fraction of sp³-hybridized carbons (Fsp3) is 1.00. The lowest BCUT2D eigenvalue weighted by molar-refractivity contribution is -0.342. The molecule has 0 aromatic carbocycles. The van der Waals surface area contributed by atoms with Crippen LogP contribution in [0, 0.1) is 0 Å². The van der Waals surface area contributed by atoms with E-state index in [0.717, 1.165) is 0 Å². The molecule has 1 atom stereocenters. The van der Waals surface area contributed by atoms with E-state index in [2.05, 4.69) is 0 Å². The molecule has 1 N–H and O–H groups in total. The molecule has 2 nitrogen and oxygen atoms in total. The maximum atomic E-state index is 13.0. The molecule has 6 heteroatoms. The molecule has 0 aliphatic heterocycles. The zero-order valence-corrected chi connectivity index (χ0v) is 13.1. The van der Waals surface area contributed by atoms with Crippen molar-refractivity contribution in [3.05, 3.63) is 0 Å². The second-order valence-corrected chi connectivity index (χ2v) is 11.0. The molecule has 0 rings (SSSR count). The van der Waals surface area contributed by atoms with E-state index in [1.807, 2.05) is 20.8 Å². The highest BCUT2D eigenvalue weighted by Gasteiger charge is 2.58. The maximum Gasteiger partial charge on any atom is 0.442 e. The van der Waals surface area contributed by atoms with E-state index >= 15 is 0 Å². The maximum absolute atomic E-state index is 13.0. The van der Waals surface area contributed by atoms with Gasteiger partial charge in [0.15, 0.2) is 8.32 Å². The Labute approximate surface area is 109 Å². The van der Waals surface area contributed by atoms with Gasteiger partial charge in [-0.3, -0.25) is 0 Å². The van der Waals surface area contributed by atoms with Crippen molar-refractivity contribution in [2.24, 2.45) is 0 Å². The summed E-state index contributed by atoms with van der Waals surface area (Å²) in [7, 11) is -2.67. The third kappa shape index (κ3) is 4.24. The van der Waals surface area contributed by atoms with Gasteiger partial charge in [-0.15, -0.1) is 0 Å². The van der Waals surface area contributed by atoms with Gasteiger partial charge in [0.25, 0.3) is 5.79 Å². The van der Waals surface area contributed by atoms with Crippen LogP contribution >= 0.6 is 0 Å². The first-order valence-corrected chi connectivity index (χ1v) is 9.17. The molecular formula is C12H25F3O2Si. The second kappa shape index (κ2) is 5.51. The SMILES string of the molecule is CCCCC(O)(O[Si](C)(C)C(C)(C)C)C(F)(F)F. The minimum absolute atomic E-state index is 0.282. The van der Waals surface area contributed by atoms with Gasteiger partial charge in [0.2, 0.25) is 0 Å². The Balaban J connectivity index is 5.14. The summed E-state index contributed by atoms with van der Waals surface area (Å²) in [5.41, 5.74) is 0. The van der Waals surface area contributed by atoms with Crippen molar-refractivity contribution < 1.29 is 22.7 Å². The average Bonchev–Trinajstić information content (AvgIpc) is 2.10. The topological polar surface area (TPSA) is 29.5 Å². The summed E-state index contributed by atoms with van der Waals surface area (Å²) in [5.74, 6) is -3.01. The molecule has 0 aromatic heterocycles. The molecule has 0 aliphatic rings. The fourth-order valence-electron chi connectivity index (χ4n) is 1.24. The van der Waals surface area contributed by atoms with Crippen LogP contribution in [0.15, 0.2) is 0 Å². The minimum Gasteiger partial charge on any atom is -0.383 e. The second-order valence-electron chi connectivity index (χ2n) is 6.25. The number of hydrogen-bond donors (Lipinski definition) is 1. The average molecular weight is 286 g/mol. The third-order valence-corrected chi connectivity index (χ3v) is 8.00. The van der Waals surface area contributed by atoms with Crippen molar-refractivity contribution in [1.82, 2.24) is 0 Å². The van der Waals surface area contributed by atoms with Gasteiger partial charge in [-0.25, -0.2) is 0 Å². The molecular weight excluding hydrogens is 261 g/mol. The number of hydrogen-bond acceptors (Lipinski definition) is 2. The molecule has 0 spiro atoms. The predicted octanol–water partition coefficient (Wildman–Crippen LogP) is 4.45. The van der Waals surface area contributed by atoms with Crippen LogP contribution in [0.5, 0.6) is 0 Å². The van der Waals surface area contributed by atoms with Crippen molar-refractivity contribution in [2.75, 3.05) is 0 Å². The monoisotopic (exact) mass is 286 g/mol. The van der Waals surface area contributed by atoms with Gasteiger partial charge in [0.1, 0.15) is 0 Å². The van der Waals surface area contributed by atoms with Crippen LogP contribution < -0.4 is 0 Å². The van der Waals surface area contributed by atoms with Gasteiger partial charge in [-0.1, -0.05) is 34.1 Å². The first kappa shape index (κ1) is 17.9. The summed E-state index contributed by atoms with van der Waals surface area (Å²) < 4.78 is 44.2. The summed E-state index contributed by atoms with van der Waals surface area (Å²) >= 11 is 0.